The van der Waals surface area contributed by atoms with Crippen LogP contribution in [0.5, 0.6) is 5.75 Å². The summed E-state index contributed by atoms with van der Waals surface area (Å²) in [7, 11) is 0. The van der Waals surface area contributed by atoms with Gasteiger partial charge in [0.25, 0.3) is 0 Å². The van der Waals surface area contributed by atoms with Crippen molar-refractivity contribution in [2.75, 3.05) is 0 Å². The van der Waals surface area contributed by atoms with Crippen molar-refractivity contribution < 1.29 is 13.9 Å². The Morgan fingerprint density at radius 2 is 1.40 bits per heavy atom. The summed E-state index contributed by atoms with van der Waals surface area (Å²) in [6.07, 6.45) is 14.8. The first-order chi connectivity index (χ1) is 17.1. The normalized spacial score (nSPS) is 10.9. The van der Waals surface area contributed by atoms with Crippen LogP contribution in [-0.2, 0) is 12.8 Å². The molecular weight excluding hydrogens is 437 g/mol. The average Bonchev–Trinajstić information content (AvgIpc) is 2.87. The molecule has 3 aromatic rings. The van der Waals surface area contributed by atoms with E-state index >= 15 is 0 Å². The highest BCUT2D eigenvalue weighted by Crippen LogP contribution is 2.23. The van der Waals surface area contributed by atoms with Crippen LogP contribution in [0.25, 0.3) is 11.3 Å². The fraction of sp³-hybridized carbons (Fsp3) is 0.419. The molecule has 3 nitrogen and oxygen atoms in total. The van der Waals surface area contributed by atoms with E-state index in [1.807, 2.05) is 24.4 Å². The summed E-state index contributed by atoms with van der Waals surface area (Å²) in [4.78, 5) is 17.1. The van der Waals surface area contributed by atoms with Gasteiger partial charge in [-0.3, -0.25) is 4.98 Å². The minimum absolute atomic E-state index is 0.0454. The Hall–Kier alpha value is -3.01. The van der Waals surface area contributed by atoms with E-state index < -0.39 is 11.8 Å². The number of aryl methyl sites for hydroxylation is 2. The summed E-state index contributed by atoms with van der Waals surface area (Å²) in [5.41, 5.74) is 3.93. The quantitative estimate of drug-likeness (QED) is 0.133. The van der Waals surface area contributed by atoms with E-state index in [0.717, 1.165) is 48.9 Å². The molecule has 0 radical (unpaired) electrons. The first-order valence-electron chi connectivity index (χ1n) is 13.2. The summed E-state index contributed by atoms with van der Waals surface area (Å²) in [6, 6.07) is 16.1. The van der Waals surface area contributed by atoms with Crippen LogP contribution in [-0.4, -0.2) is 11.0 Å². The third-order valence-electron chi connectivity index (χ3n) is 6.33. The highest BCUT2D eigenvalue weighted by Gasteiger charge is 2.15. The molecule has 3 rings (SSSR count). The lowest BCUT2D eigenvalue weighted by Crippen LogP contribution is -2.11. The number of unbranched alkanes of at least 4 members (excludes halogenated alkanes) is 7. The lowest BCUT2D eigenvalue weighted by molar-refractivity contribution is 0.0730. The van der Waals surface area contributed by atoms with Crippen molar-refractivity contribution in [2.24, 2.45) is 0 Å². The molecule has 0 amide bonds. The number of rotatable bonds is 14. The molecule has 1 aromatic heterocycles. The lowest BCUT2D eigenvalue weighted by atomic mass is 10.0. The number of nitrogens with zero attached hydrogens (tertiary/aromatic N) is 1. The van der Waals surface area contributed by atoms with Crippen LogP contribution < -0.4 is 4.74 Å². The van der Waals surface area contributed by atoms with E-state index in [1.54, 1.807) is 18.2 Å². The summed E-state index contributed by atoms with van der Waals surface area (Å²) in [6.45, 7) is 4.37. The van der Waals surface area contributed by atoms with E-state index in [-0.39, 0.29) is 5.56 Å². The second-order valence-electron chi connectivity index (χ2n) is 9.25. The maximum Gasteiger partial charge on any atom is 0.346 e. The first kappa shape index (κ1) is 26.6. The van der Waals surface area contributed by atoms with Crippen molar-refractivity contribution >= 4 is 5.97 Å². The van der Waals surface area contributed by atoms with Crippen molar-refractivity contribution in [3.8, 4) is 17.0 Å². The number of ether oxygens (including phenoxy) is 1. The van der Waals surface area contributed by atoms with E-state index in [1.165, 1.54) is 56.2 Å². The van der Waals surface area contributed by atoms with Gasteiger partial charge in [-0.2, -0.15) is 0 Å². The Bertz CT molecular complexity index is 1040. The topological polar surface area (TPSA) is 39.2 Å². The van der Waals surface area contributed by atoms with E-state index in [0.29, 0.717) is 5.75 Å². The molecule has 0 aliphatic heterocycles. The molecular formula is C31H38FNO2. The molecule has 0 N–H and O–H groups in total. The SMILES string of the molecule is CCCCCCCCc1ccc(-c2ccc(OC(=O)c3ccc(CCCCC)cc3F)cc2)nc1. The van der Waals surface area contributed by atoms with Crippen LogP contribution in [0.2, 0.25) is 0 Å². The number of pyridine rings is 1. The van der Waals surface area contributed by atoms with Crippen LogP contribution in [0, 0.1) is 5.82 Å². The second kappa shape index (κ2) is 14.4. The Balaban J connectivity index is 1.52. The monoisotopic (exact) mass is 475 g/mol. The number of hydrogen-bond donors (Lipinski definition) is 0. The van der Waals surface area contributed by atoms with Gasteiger partial charge in [0.15, 0.2) is 0 Å². The molecule has 0 aliphatic rings. The molecule has 0 saturated heterocycles. The zero-order valence-electron chi connectivity index (χ0n) is 21.2. The largest absolute Gasteiger partial charge is 0.423 e. The summed E-state index contributed by atoms with van der Waals surface area (Å²) >= 11 is 0. The minimum atomic E-state index is -0.687. The fourth-order valence-electron chi connectivity index (χ4n) is 4.17. The Morgan fingerprint density at radius 3 is 2.09 bits per heavy atom. The summed E-state index contributed by atoms with van der Waals surface area (Å²) in [5.74, 6) is -0.844. The van der Waals surface area contributed by atoms with Crippen molar-refractivity contribution in [3.05, 3.63) is 83.3 Å². The summed E-state index contributed by atoms with van der Waals surface area (Å²) < 4.78 is 19.9. The van der Waals surface area contributed by atoms with Crippen LogP contribution in [0.3, 0.4) is 0 Å². The van der Waals surface area contributed by atoms with Crippen LogP contribution in [0.15, 0.2) is 60.8 Å². The smallest absolute Gasteiger partial charge is 0.346 e. The molecule has 4 heteroatoms. The van der Waals surface area contributed by atoms with Gasteiger partial charge < -0.3 is 4.74 Å². The van der Waals surface area contributed by atoms with Crippen LogP contribution >= 0.6 is 0 Å². The predicted molar refractivity (Wildman–Crippen MR) is 141 cm³/mol. The molecule has 2 aromatic carbocycles. The van der Waals surface area contributed by atoms with Gasteiger partial charge in [0.05, 0.1) is 11.3 Å². The van der Waals surface area contributed by atoms with Gasteiger partial charge in [0.1, 0.15) is 11.6 Å². The third-order valence-corrected chi connectivity index (χ3v) is 6.33. The van der Waals surface area contributed by atoms with Crippen LogP contribution in [0.4, 0.5) is 4.39 Å². The molecule has 0 spiro atoms. The van der Waals surface area contributed by atoms with E-state index in [4.69, 9.17) is 4.74 Å². The highest BCUT2D eigenvalue weighted by atomic mass is 19.1. The minimum Gasteiger partial charge on any atom is -0.423 e. The number of hydrogen-bond acceptors (Lipinski definition) is 3. The fourth-order valence-corrected chi connectivity index (χ4v) is 4.17. The molecule has 0 aliphatic carbocycles. The molecule has 186 valence electrons. The highest BCUT2D eigenvalue weighted by molar-refractivity contribution is 5.91. The number of carbonyl (C=O) groups is 1. The Labute approximate surface area is 209 Å². The maximum atomic E-state index is 14.5. The third kappa shape index (κ3) is 8.61. The zero-order valence-corrected chi connectivity index (χ0v) is 21.2. The predicted octanol–water partition coefficient (Wildman–Crippen LogP) is 8.74. The molecule has 0 atom stereocenters. The molecule has 0 bridgehead atoms. The lowest BCUT2D eigenvalue weighted by Gasteiger charge is -2.08. The van der Waals surface area contributed by atoms with Gasteiger partial charge >= 0.3 is 5.97 Å². The van der Waals surface area contributed by atoms with Crippen LogP contribution in [0.1, 0.15) is 93.1 Å². The molecule has 35 heavy (non-hydrogen) atoms. The molecule has 0 fully saturated rings. The Morgan fingerprint density at radius 1 is 0.771 bits per heavy atom. The van der Waals surface area contributed by atoms with Crippen molar-refractivity contribution in [2.45, 2.75) is 84.5 Å². The van der Waals surface area contributed by atoms with Crippen molar-refractivity contribution in [1.29, 1.82) is 0 Å². The molecule has 1 heterocycles. The Kier molecular flexibility index (Phi) is 10.9. The van der Waals surface area contributed by atoms with Gasteiger partial charge in [-0.15, -0.1) is 0 Å². The number of halogens is 1. The molecule has 0 unspecified atom stereocenters. The van der Waals surface area contributed by atoms with Crippen molar-refractivity contribution in [1.82, 2.24) is 4.98 Å². The van der Waals surface area contributed by atoms with E-state index in [9.17, 15) is 9.18 Å². The van der Waals surface area contributed by atoms with Gasteiger partial charge in [0, 0.05) is 11.8 Å². The molecule has 0 saturated carbocycles. The number of aromatic nitrogens is 1. The number of carbonyl (C=O) groups excluding carboxylic acids is 1. The van der Waals surface area contributed by atoms with Gasteiger partial charge in [-0.1, -0.05) is 70.9 Å². The van der Waals surface area contributed by atoms with Gasteiger partial charge in [0.2, 0.25) is 0 Å². The maximum absolute atomic E-state index is 14.5. The number of benzene rings is 2. The average molecular weight is 476 g/mol. The second-order valence-corrected chi connectivity index (χ2v) is 9.25. The first-order valence-corrected chi connectivity index (χ1v) is 13.2. The zero-order chi connectivity index (χ0) is 24.9. The van der Waals surface area contributed by atoms with Gasteiger partial charge in [-0.05, 0) is 79.3 Å². The number of esters is 1. The van der Waals surface area contributed by atoms with Crippen molar-refractivity contribution in [3.63, 3.8) is 0 Å². The standard InChI is InChI=1S/C31H38FNO2/c1-3-5-7-8-9-11-13-25-15-21-30(33-23-25)26-16-18-27(19-17-26)35-31(34)28-20-14-24(22-29(28)32)12-10-6-4-2/h14-23H,3-13H2,1-2H3. The van der Waals surface area contributed by atoms with Gasteiger partial charge in [-0.25, -0.2) is 9.18 Å². The van der Waals surface area contributed by atoms with E-state index in [2.05, 4.69) is 24.9 Å². The summed E-state index contributed by atoms with van der Waals surface area (Å²) in [5, 5.41) is 0.